The zero-order valence-electron chi connectivity index (χ0n) is 13.4. The third-order valence-electron chi connectivity index (χ3n) is 4.07. The molecule has 2 aromatic rings. The molecule has 1 fully saturated rings. The quantitative estimate of drug-likeness (QED) is 0.862. The number of piperazine rings is 1. The molecule has 0 spiro atoms. The number of methoxy groups -OCH3 is 1. The first kappa shape index (κ1) is 16.1. The maximum atomic E-state index is 11.8. The SMILES string of the molecule is COc1ccc([C@@H](C(=O)O)N2CCN(c3cnccn3)CC2)cn1. The normalized spacial score (nSPS) is 16.6. The van der Waals surface area contributed by atoms with E-state index >= 15 is 0 Å². The van der Waals surface area contributed by atoms with E-state index in [1.54, 1.807) is 36.9 Å². The Morgan fingerprint density at radius 1 is 1.17 bits per heavy atom. The van der Waals surface area contributed by atoms with Crippen LogP contribution in [0.5, 0.6) is 5.88 Å². The van der Waals surface area contributed by atoms with Crippen molar-refractivity contribution >= 4 is 11.8 Å². The van der Waals surface area contributed by atoms with Crippen LogP contribution in [0.2, 0.25) is 0 Å². The first-order valence-electron chi connectivity index (χ1n) is 7.67. The summed E-state index contributed by atoms with van der Waals surface area (Å²) in [4.78, 5) is 28.3. The van der Waals surface area contributed by atoms with Crippen LogP contribution < -0.4 is 9.64 Å². The van der Waals surface area contributed by atoms with Crippen molar-refractivity contribution in [2.75, 3.05) is 38.2 Å². The molecular weight excluding hydrogens is 310 g/mol. The molecule has 24 heavy (non-hydrogen) atoms. The number of hydrogen-bond acceptors (Lipinski definition) is 7. The van der Waals surface area contributed by atoms with Crippen LogP contribution in [-0.4, -0.2) is 64.2 Å². The van der Waals surface area contributed by atoms with Gasteiger partial charge in [0.1, 0.15) is 11.9 Å². The second-order valence-electron chi connectivity index (χ2n) is 5.46. The zero-order valence-corrected chi connectivity index (χ0v) is 13.4. The summed E-state index contributed by atoms with van der Waals surface area (Å²) < 4.78 is 5.03. The smallest absolute Gasteiger partial charge is 0.325 e. The number of anilines is 1. The van der Waals surface area contributed by atoms with Gasteiger partial charge < -0.3 is 14.7 Å². The standard InChI is InChI=1S/C16H19N5O3/c1-24-14-3-2-12(10-19-14)15(16(22)23)21-8-6-20(7-9-21)13-11-17-4-5-18-13/h2-5,10-11,15H,6-9H2,1H3,(H,22,23)/t15-/m0/s1. The van der Waals surface area contributed by atoms with Crippen LogP contribution in [0.15, 0.2) is 36.9 Å². The summed E-state index contributed by atoms with van der Waals surface area (Å²) in [7, 11) is 1.53. The highest BCUT2D eigenvalue weighted by Gasteiger charge is 2.30. The maximum absolute atomic E-state index is 11.8. The van der Waals surface area contributed by atoms with Crippen LogP contribution in [0.3, 0.4) is 0 Å². The average molecular weight is 329 g/mol. The van der Waals surface area contributed by atoms with Gasteiger partial charge in [-0.3, -0.25) is 14.7 Å². The lowest BCUT2D eigenvalue weighted by Crippen LogP contribution is -2.49. The molecule has 8 heteroatoms. The minimum atomic E-state index is -0.880. The number of ether oxygens (including phenoxy) is 1. The monoisotopic (exact) mass is 329 g/mol. The van der Waals surface area contributed by atoms with E-state index in [0.29, 0.717) is 37.6 Å². The highest BCUT2D eigenvalue weighted by molar-refractivity contribution is 5.75. The second-order valence-corrected chi connectivity index (χ2v) is 5.46. The van der Waals surface area contributed by atoms with Gasteiger partial charge >= 0.3 is 5.97 Å². The van der Waals surface area contributed by atoms with Gasteiger partial charge in [0.05, 0.1) is 13.3 Å². The summed E-state index contributed by atoms with van der Waals surface area (Å²) >= 11 is 0. The van der Waals surface area contributed by atoms with Gasteiger partial charge in [0.2, 0.25) is 5.88 Å². The number of aromatic nitrogens is 3. The molecule has 0 aromatic carbocycles. The van der Waals surface area contributed by atoms with E-state index in [9.17, 15) is 9.90 Å². The van der Waals surface area contributed by atoms with E-state index < -0.39 is 12.0 Å². The Morgan fingerprint density at radius 2 is 1.96 bits per heavy atom. The molecule has 1 atom stereocenters. The van der Waals surface area contributed by atoms with E-state index in [4.69, 9.17) is 4.74 Å². The molecule has 0 unspecified atom stereocenters. The third-order valence-corrected chi connectivity index (χ3v) is 4.07. The summed E-state index contributed by atoms with van der Waals surface area (Å²) in [5, 5.41) is 9.65. The predicted molar refractivity (Wildman–Crippen MR) is 87.0 cm³/mol. The van der Waals surface area contributed by atoms with Gasteiger partial charge in [0.25, 0.3) is 0 Å². The second kappa shape index (κ2) is 7.22. The van der Waals surface area contributed by atoms with E-state index in [0.717, 1.165) is 5.82 Å². The van der Waals surface area contributed by atoms with Crippen molar-refractivity contribution in [3.05, 3.63) is 42.5 Å². The molecule has 1 N–H and O–H groups in total. The largest absolute Gasteiger partial charge is 0.481 e. The average Bonchev–Trinajstić information content (AvgIpc) is 2.63. The van der Waals surface area contributed by atoms with Crippen molar-refractivity contribution < 1.29 is 14.6 Å². The van der Waals surface area contributed by atoms with Gasteiger partial charge in [0, 0.05) is 50.8 Å². The van der Waals surface area contributed by atoms with Crippen LogP contribution in [0.1, 0.15) is 11.6 Å². The molecule has 1 saturated heterocycles. The predicted octanol–water partition coefficient (Wildman–Crippen LogP) is 0.828. The van der Waals surface area contributed by atoms with Crippen LogP contribution in [0, 0.1) is 0 Å². The minimum absolute atomic E-state index is 0.468. The van der Waals surface area contributed by atoms with Crippen molar-refractivity contribution in [1.29, 1.82) is 0 Å². The topological polar surface area (TPSA) is 91.7 Å². The van der Waals surface area contributed by atoms with Crippen molar-refractivity contribution in [3.63, 3.8) is 0 Å². The van der Waals surface area contributed by atoms with Gasteiger partial charge in [-0.25, -0.2) is 9.97 Å². The number of aliphatic carboxylic acids is 1. The Hall–Kier alpha value is -2.74. The molecule has 0 saturated carbocycles. The van der Waals surface area contributed by atoms with Crippen molar-refractivity contribution in [3.8, 4) is 5.88 Å². The van der Waals surface area contributed by atoms with E-state index in [1.165, 1.54) is 7.11 Å². The Bertz CT molecular complexity index is 672. The van der Waals surface area contributed by atoms with E-state index in [1.807, 2.05) is 4.90 Å². The number of nitrogens with zero attached hydrogens (tertiary/aromatic N) is 5. The zero-order chi connectivity index (χ0) is 16.9. The van der Waals surface area contributed by atoms with Gasteiger partial charge in [0.15, 0.2) is 0 Å². The molecule has 8 nitrogen and oxygen atoms in total. The number of carboxylic acids is 1. The van der Waals surface area contributed by atoms with E-state index in [-0.39, 0.29) is 0 Å². The molecule has 126 valence electrons. The van der Waals surface area contributed by atoms with Crippen LogP contribution in [-0.2, 0) is 4.79 Å². The molecule has 1 aliphatic heterocycles. The highest BCUT2D eigenvalue weighted by atomic mass is 16.5. The van der Waals surface area contributed by atoms with Gasteiger partial charge in [-0.15, -0.1) is 0 Å². The fourth-order valence-electron chi connectivity index (χ4n) is 2.85. The van der Waals surface area contributed by atoms with Gasteiger partial charge in [-0.05, 0) is 11.6 Å². The summed E-state index contributed by atoms with van der Waals surface area (Å²) in [6.07, 6.45) is 6.58. The Balaban J connectivity index is 1.71. The van der Waals surface area contributed by atoms with Crippen molar-refractivity contribution in [2.24, 2.45) is 0 Å². The Morgan fingerprint density at radius 3 is 2.50 bits per heavy atom. The highest BCUT2D eigenvalue weighted by Crippen LogP contribution is 2.24. The molecule has 3 rings (SSSR count). The fraction of sp³-hybridized carbons (Fsp3) is 0.375. The molecule has 0 bridgehead atoms. The minimum Gasteiger partial charge on any atom is -0.481 e. The number of hydrogen-bond donors (Lipinski definition) is 1. The molecular formula is C16H19N5O3. The summed E-state index contributed by atoms with van der Waals surface area (Å²) in [6.45, 7) is 2.65. The molecule has 0 radical (unpaired) electrons. The summed E-state index contributed by atoms with van der Waals surface area (Å²) in [5.74, 6) is 0.403. The van der Waals surface area contributed by atoms with Crippen LogP contribution in [0.25, 0.3) is 0 Å². The lowest BCUT2D eigenvalue weighted by molar-refractivity contribution is -0.143. The molecule has 3 heterocycles. The van der Waals surface area contributed by atoms with E-state index in [2.05, 4.69) is 19.9 Å². The molecule has 1 aliphatic rings. The van der Waals surface area contributed by atoms with Crippen LogP contribution in [0.4, 0.5) is 5.82 Å². The first-order chi connectivity index (χ1) is 11.7. The molecule has 0 amide bonds. The number of rotatable bonds is 5. The Kier molecular flexibility index (Phi) is 4.85. The lowest BCUT2D eigenvalue weighted by atomic mass is 10.1. The fourth-order valence-corrected chi connectivity index (χ4v) is 2.85. The third kappa shape index (κ3) is 3.43. The van der Waals surface area contributed by atoms with Gasteiger partial charge in [-0.2, -0.15) is 0 Å². The molecule has 0 aliphatic carbocycles. The first-order valence-corrected chi connectivity index (χ1v) is 7.67. The van der Waals surface area contributed by atoms with Crippen molar-refractivity contribution in [2.45, 2.75) is 6.04 Å². The summed E-state index contributed by atoms with van der Waals surface area (Å²) in [6, 6.07) is 2.72. The van der Waals surface area contributed by atoms with Crippen molar-refractivity contribution in [1.82, 2.24) is 19.9 Å². The molecule has 2 aromatic heterocycles. The summed E-state index contributed by atoms with van der Waals surface area (Å²) in [5.41, 5.74) is 0.649. The number of carbonyl (C=O) groups is 1. The number of pyridine rings is 1. The number of carboxylic acid groups (broad SMARTS) is 1. The van der Waals surface area contributed by atoms with Gasteiger partial charge in [-0.1, -0.05) is 0 Å². The lowest BCUT2D eigenvalue weighted by Gasteiger charge is -2.38. The maximum Gasteiger partial charge on any atom is 0.325 e. The van der Waals surface area contributed by atoms with Crippen LogP contribution >= 0.6 is 0 Å². The Labute approximate surface area is 139 Å².